The predicted molar refractivity (Wildman–Crippen MR) is 122 cm³/mol. The molecule has 7 nitrogen and oxygen atoms in total. The van der Waals surface area contributed by atoms with Gasteiger partial charge in [-0.15, -0.1) is 11.3 Å². The SMILES string of the molecule is NC(=O)C1CCN(Cc2cccc(NC(=O)c3ccc(-c4cccs4)[nH]c3=O)c2)CC1. The van der Waals surface area contributed by atoms with E-state index in [2.05, 4.69) is 15.2 Å². The zero-order valence-corrected chi connectivity index (χ0v) is 17.8. The molecule has 0 radical (unpaired) electrons. The Morgan fingerprint density at radius 3 is 2.61 bits per heavy atom. The maximum Gasteiger partial charge on any atom is 0.261 e. The Kier molecular flexibility index (Phi) is 6.29. The van der Waals surface area contributed by atoms with Gasteiger partial charge in [-0.2, -0.15) is 0 Å². The second-order valence-corrected chi connectivity index (χ2v) is 8.65. The summed E-state index contributed by atoms with van der Waals surface area (Å²) in [5.74, 6) is -0.702. The molecule has 1 aliphatic heterocycles. The van der Waals surface area contributed by atoms with E-state index in [-0.39, 0.29) is 17.4 Å². The van der Waals surface area contributed by atoms with E-state index in [1.807, 2.05) is 35.7 Å². The van der Waals surface area contributed by atoms with Crippen molar-refractivity contribution >= 4 is 28.8 Å². The number of hydrogen-bond donors (Lipinski definition) is 3. The molecule has 3 heterocycles. The summed E-state index contributed by atoms with van der Waals surface area (Å²) < 4.78 is 0. The minimum atomic E-state index is -0.446. The first kappa shape index (κ1) is 21.0. The first-order valence-electron chi connectivity index (χ1n) is 10.2. The molecule has 0 saturated carbocycles. The lowest BCUT2D eigenvalue weighted by molar-refractivity contribution is -0.123. The molecule has 0 bridgehead atoms. The van der Waals surface area contributed by atoms with Crippen molar-refractivity contribution in [2.45, 2.75) is 19.4 Å². The number of H-pyrrole nitrogens is 1. The number of carbonyl (C=O) groups excluding carboxylic acids is 2. The van der Waals surface area contributed by atoms with E-state index < -0.39 is 11.5 Å². The van der Waals surface area contributed by atoms with E-state index >= 15 is 0 Å². The Balaban J connectivity index is 1.40. The number of carbonyl (C=O) groups is 2. The van der Waals surface area contributed by atoms with Gasteiger partial charge in [-0.3, -0.25) is 19.3 Å². The number of hydrogen-bond acceptors (Lipinski definition) is 5. The van der Waals surface area contributed by atoms with Crippen LogP contribution in [0.15, 0.2) is 58.7 Å². The normalized spacial score (nSPS) is 15.0. The Labute approximate surface area is 183 Å². The molecule has 3 aromatic rings. The van der Waals surface area contributed by atoms with Crippen LogP contribution in [0, 0.1) is 5.92 Å². The van der Waals surface area contributed by atoms with Crippen LogP contribution in [0.2, 0.25) is 0 Å². The van der Waals surface area contributed by atoms with Crippen LogP contribution in [0.5, 0.6) is 0 Å². The average Bonchev–Trinajstić information content (AvgIpc) is 3.29. The number of aromatic amines is 1. The van der Waals surface area contributed by atoms with Crippen LogP contribution in [0.3, 0.4) is 0 Å². The molecule has 4 rings (SSSR count). The third-order valence-electron chi connectivity index (χ3n) is 5.52. The Hall–Kier alpha value is -3.23. The highest BCUT2D eigenvalue weighted by atomic mass is 32.1. The summed E-state index contributed by atoms with van der Waals surface area (Å²) in [5.41, 5.74) is 7.43. The molecule has 1 aromatic carbocycles. The van der Waals surface area contributed by atoms with Crippen LogP contribution in [-0.4, -0.2) is 34.8 Å². The van der Waals surface area contributed by atoms with Gasteiger partial charge in [0.25, 0.3) is 11.5 Å². The zero-order valence-electron chi connectivity index (χ0n) is 17.0. The van der Waals surface area contributed by atoms with Crippen molar-refractivity contribution in [3.8, 4) is 10.6 Å². The molecule has 4 N–H and O–H groups in total. The Bertz CT molecular complexity index is 1130. The molecular formula is C23H24N4O3S. The predicted octanol–water partition coefficient (Wildman–Crippen LogP) is 3.05. The maximum atomic E-state index is 12.7. The second-order valence-electron chi connectivity index (χ2n) is 7.70. The van der Waals surface area contributed by atoms with Gasteiger partial charge in [0.2, 0.25) is 5.91 Å². The number of amides is 2. The van der Waals surface area contributed by atoms with Crippen molar-refractivity contribution in [3.05, 3.63) is 75.4 Å². The quantitative estimate of drug-likeness (QED) is 0.552. The van der Waals surface area contributed by atoms with E-state index in [0.717, 1.165) is 42.9 Å². The third-order valence-corrected chi connectivity index (χ3v) is 6.42. The van der Waals surface area contributed by atoms with Crippen LogP contribution >= 0.6 is 11.3 Å². The molecular weight excluding hydrogens is 412 g/mol. The second kappa shape index (κ2) is 9.28. The molecule has 2 amide bonds. The van der Waals surface area contributed by atoms with Gasteiger partial charge < -0.3 is 16.0 Å². The van der Waals surface area contributed by atoms with Crippen LogP contribution < -0.4 is 16.6 Å². The van der Waals surface area contributed by atoms with Gasteiger partial charge in [0.1, 0.15) is 5.56 Å². The van der Waals surface area contributed by atoms with Gasteiger partial charge in [0.05, 0.1) is 10.6 Å². The fourth-order valence-electron chi connectivity index (χ4n) is 3.81. The molecule has 0 atom stereocenters. The average molecular weight is 437 g/mol. The van der Waals surface area contributed by atoms with Gasteiger partial charge in [0.15, 0.2) is 0 Å². The van der Waals surface area contributed by atoms with Crippen LogP contribution in [0.1, 0.15) is 28.8 Å². The molecule has 0 unspecified atom stereocenters. The van der Waals surface area contributed by atoms with Gasteiger partial charge >= 0.3 is 0 Å². The van der Waals surface area contributed by atoms with Crippen molar-refractivity contribution < 1.29 is 9.59 Å². The fraction of sp³-hybridized carbons (Fsp3) is 0.261. The summed E-state index contributed by atoms with van der Waals surface area (Å²) in [4.78, 5) is 42.4. The molecule has 0 aliphatic carbocycles. The first-order valence-corrected chi connectivity index (χ1v) is 11.1. The Morgan fingerprint density at radius 1 is 1.13 bits per heavy atom. The van der Waals surface area contributed by atoms with Crippen molar-refractivity contribution in [1.82, 2.24) is 9.88 Å². The Morgan fingerprint density at radius 2 is 1.94 bits per heavy atom. The number of benzene rings is 1. The van der Waals surface area contributed by atoms with Gasteiger partial charge in [-0.05, 0) is 67.2 Å². The molecule has 160 valence electrons. The van der Waals surface area contributed by atoms with Crippen LogP contribution in [0.25, 0.3) is 10.6 Å². The lowest BCUT2D eigenvalue weighted by atomic mass is 9.96. The van der Waals surface area contributed by atoms with Crippen molar-refractivity contribution in [3.63, 3.8) is 0 Å². The zero-order chi connectivity index (χ0) is 21.8. The number of piperidine rings is 1. The van der Waals surface area contributed by atoms with Crippen molar-refractivity contribution in [2.75, 3.05) is 18.4 Å². The molecule has 1 fully saturated rings. The van der Waals surface area contributed by atoms with Crippen LogP contribution in [0.4, 0.5) is 5.69 Å². The fourth-order valence-corrected chi connectivity index (χ4v) is 4.51. The summed E-state index contributed by atoms with van der Waals surface area (Å²) in [6, 6.07) is 14.7. The number of nitrogens with zero attached hydrogens (tertiary/aromatic N) is 1. The minimum absolute atomic E-state index is 0.0360. The standard InChI is InChI=1S/C23H24N4O3S/c24-21(28)16-8-10-27(11-9-16)14-15-3-1-4-17(13-15)25-22(29)18-6-7-19(26-23(18)30)20-5-2-12-31-20/h1-7,12-13,16H,8-11,14H2,(H2,24,28)(H,25,29)(H,26,30). The number of thiophene rings is 1. The highest BCUT2D eigenvalue weighted by molar-refractivity contribution is 7.13. The highest BCUT2D eigenvalue weighted by Crippen LogP contribution is 2.22. The summed E-state index contributed by atoms with van der Waals surface area (Å²) >= 11 is 1.52. The van der Waals surface area contributed by atoms with Crippen LogP contribution in [-0.2, 0) is 11.3 Å². The number of pyridine rings is 1. The number of likely N-dealkylation sites (tertiary alicyclic amines) is 1. The third kappa shape index (κ3) is 5.10. The van der Waals surface area contributed by atoms with E-state index in [9.17, 15) is 14.4 Å². The minimum Gasteiger partial charge on any atom is -0.369 e. The van der Waals surface area contributed by atoms with Gasteiger partial charge in [0, 0.05) is 18.2 Å². The van der Waals surface area contributed by atoms with Crippen molar-refractivity contribution in [1.29, 1.82) is 0 Å². The molecule has 1 aliphatic rings. The number of anilines is 1. The smallest absolute Gasteiger partial charge is 0.261 e. The largest absolute Gasteiger partial charge is 0.369 e. The number of aromatic nitrogens is 1. The van der Waals surface area contributed by atoms with E-state index in [1.165, 1.54) is 11.3 Å². The van der Waals surface area contributed by atoms with E-state index in [4.69, 9.17) is 5.73 Å². The molecule has 2 aromatic heterocycles. The summed E-state index contributed by atoms with van der Waals surface area (Å²) in [7, 11) is 0. The lowest BCUT2D eigenvalue weighted by Crippen LogP contribution is -2.38. The summed E-state index contributed by atoms with van der Waals surface area (Å²) in [6.07, 6.45) is 1.55. The number of nitrogens with one attached hydrogen (secondary N) is 2. The maximum absolute atomic E-state index is 12.7. The molecule has 8 heteroatoms. The highest BCUT2D eigenvalue weighted by Gasteiger charge is 2.23. The van der Waals surface area contributed by atoms with Gasteiger partial charge in [-0.25, -0.2) is 0 Å². The number of nitrogens with two attached hydrogens (primary N) is 1. The summed E-state index contributed by atoms with van der Waals surface area (Å²) in [5, 5.41) is 4.75. The first-order chi connectivity index (χ1) is 15.0. The lowest BCUT2D eigenvalue weighted by Gasteiger charge is -2.30. The molecule has 1 saturated heterocycles. The number of primary amides is 1. The van der Waals surface area contributed by atoms with Gasteiger partial charge in [-0.1, -0.05) is 18.2 Å². The van der Waals surface area contributed by atoms with E-state index in [0.29, 0.717) is 11.4 Å². The molecule has 31 heavy (non-hydrogen) atoms. The van der Waals surface area contributed by atoms with E-state index in [1.54, 1.807) is 18.2 Å². The topological polar surface area (TPSA) is 108 Å². The molecule has 0 spiro atoms. The monoisotopic (exact) mass is 436 g/mol. The summed E-state index contributed by atoms with van der Waals surface area (Å²) in [6.45, 7) is 2.36. The number of rotatable bonds is 6. The van der Waals surface area contributed by atoms with Crippen molar-refractivity contribution in [2.24, 2.45) is 11.7 Å².